The monoisotopic (exact) mass is 314 g/mol. The van der Waals surface area contributed by atoms with Crippen LogP contribution < -0.4 is 5.48 Å². The van der Waals surface area contributed by atoms with E-state index >= 15 is 0 Å². The normalized spacial score (nSPS) is 19.2. The van der Waals surface area contributed by atoms with Crippen molar-refractivity contribution in [1.82, 2.24) is 0 Å². The zero-order chi connectivity index (χ0) is 16.3. The molecule has 0 saturated carbocycles. The first-order valence-electron chi connectivity index (χ1n) is 7.93. The maximum Gasteiger partial charge on any atom is 0.112 e. The number of nitrogens with one attached hydrogen (secondary N) is 1. The van der Waals surface area contributed by atoms with Gasteiger partial charge in [0.2, 0.25) is 0 Å². The summed E-state index contributed by atoms with van der Waals surface area (Å²) in [5, 5.41) is 12.9. The van der Waals surface area contributed by atoms with Gasteiger partial charge < -0.3 is 0 Å². The number of hydrogen-bond acceptors (Lipinski definition) is 4. The van der Waals surface area contributed by atoms with Crippen molar-refractivity contribution in [3.63, 3.8) is 0 Å². The van der Waals surface area contributed by atoms with Crippen LogP contribution in [0.5, 0.6) is 0 Å². The van der Waals surface area contributed by atoms with Gasteiger partial charge in [0, 0.05) is 11.8 Å². The predicted octanol–water partition coefficient (Wildman–Crippen LogP) is 4.87. The number of nitroso groups, excluding NO2 is 1. The topological polar surface area (TPSA) is 61.7 Å². The molecule has 3 aliphatic carbocycles. The van der Waals surface area contributed by atoms with Gasteiger partial charge in [-0.3, -0.25) is 10.7 Å². The van der Waals surface area contributed by atoms with Gasteiger partial charge in [-0.25, -0.2) is 0 Å². The summed E-state index contributed by atoms with van der Waals surface area (Å²) >= 11 is 0. The molecule has 3 aromatic rings. The molecule has 3 aliphatic rings. The van der Waals surface area contributed by atoms with Gasteiger partial charge in [-0.1, -0.05) is 48.5 Å². The molecule has 0 unspecified atom stereocenters. The van der Waals surface area contributed by atoms with Crippen molar-refractivity contribution < 1.29 is 5.21 Å². The van der Waals surface area contributed by atoms with Crippen LogP contribution >= 0.6 is 0 Å². The lowest BCUT2D eigenvalue weighted by atomic mass is 9.60. The maximum absolute atomic E-state index is 11.4. The third-order valence-corrected chi connectivity index (χ3v) is 5.30. The first kappa shape index (κ1) is 13.5. The summed E-state index contributed by atoms with van der Waals surface area (Å²) in [6.07, 6.45) is 0. The lowest BCUT2D eigenvalue weighted by molar-refractivity contribution is 0.387. The Kier molecular flexibility index (Phi) is 2.67. The number of anilines is 1. The maximum atomic E-state index is 11.4. The molecular formula is C20H14N2O2. The summed E-state index contributed by atoms with van der Waals surface area (Å²) in [6, 6.07) is 20.1. The second kappa shape index (κ2) is 4.76. The van der Waals surface area contributed by atoms with Crippen molar-refractivity contribution in [2.75, 3.05) is 5.48 Å². The standard InChI is InChI=1S/C20H14N2O2/c23-21-15-9-10-16(22-24)20-18-12-6-2-1-5-11(12)17(19(15)20)13-7-3-4-8-14(13)18/h1-10,17-18,21,23H. The molecule has 0 radical (unpaired) electrons. The lowest BCUT2D eigenvalue weighted by Gasteiger charge is -2.43. The van der Waals surface area contributed by atoms with E-state index in [1.54, 1.807) is 12.1 Å². The average Bonchev–Trinajstić information content (AvgIpc) is 2.66. The Labute approximate surface area is 138 Å². The van der Waals surface area contributed by atoms with Crippen LogP contribution in [0.15, 0.2) is 65.8 Å². The molecule has 2 bridgehead atoms. The second-order valence-corrected chi connectivity index (χ2v) is 6.29. The van der Waals surface area contributed by atoms with Crippen LogP contribution in [0.4, 0.5) is 11.4 Å². The SMILES string of the molecule is O=Nc1ccc(NO)c2c1C1c3ccccc3C2c2ccccc21. The molecule has 3 aromatic carbocycles. The van der Waals surface area contributed by atoms with Crippen molar-refractivity contribution >= 4 is 11.4 Å². The smallest absolute Gasteiger partial charge is 0.112 e. The van der Waals surface area contributed by atoms with Crippen molar-refractivity contribution in [2.45, 2.75) is 11.8 Å². The molecule has 4 nitrogen and oxygen atoms in total. The Bertz CT molecular complexity index is 949. The van der Waals surface area contributed by atoms with Crippen LogP contribution in [0.1, 0.15) is 45.2 Å². The van der Waals surface area contributed by atoms with Crippen LogP contribution in [-0.4, -0.2) is 5.21 Å². The molecule has 24 heavy (non-hydrogen) atoms. The van der Waals surface area contributed by atoms with Crippen molar-refractivity contribution in [1.29, 1.82) is 0 Å². The number of nitrogens with zero attached hydrogens (tertiary/aromatic N) is 1. The van der Waals surface area contributed by atoms with E-state index in [0.29, 0.717) is 11.4 Å². The number of rotatable bonds is 2. The van der Waals surface area contributed by atoms with Gasteiger partial charge in [0.25, 0.3) is 0 Å². The molecule has 116 valence electrons. The summed E-state index contributed by atoms with van der Waals surface area (Å²) in [4.78, 5) is 11.4. The zero-order valence-corrected chi connectivity index (χ0v) is 12.7. The fraction of sp³-hybridized carbons (Fsp3) is 0.100. The summed E-state index contributed by atoms with van der Waals surface area (Å²) in [6.45, 7) is 0. The van der Waals surface area contributed by atoms with E-state index in [2.05, 4.69) is 34.9 Å². The van der Waals surface area contributed by atoms with Gasteiger partial charge in [0.05, 0.1) is 5.69 Å². The molecule has 0 aliphatic heterocycles. The summed E-state index contributed by atoms with van der Waals surface area (Å²) < 4.78 is 0. The molecule has 6 rings (SSSR count). The van der Waals surface area contributed by atoms with Crippen molar-refractivity contribution in [2.24, 2.45) is 5.18 Å². The zero-order valence-electron chi connectivity index (χ0n) is 12.7. The fourth-order valence-corrected chi connectivity index (χ4v) is 4.45. The van der Waals surface area contributed by atoms with Gasteiger partial charge in [-0.05, 0) is 50.7 Å². The minimum absolute atomic E-state index is 0.00579. The molecule has 0 atom stereocenters. The van der Waals surface area contributed by atoms with E-state index in [4.69, 9.17) is 0 Å². The minimum atomic E-state index is -0.0293. The quantitative estimate of drug-likeness (QED) is 0.361. The lowest BCUT2D eigenvalue weighted by Crippen LogP contribution is -2.28. The Morgan fingerprint density at radius 3 is 1.71 bits per heavy atom. The molecule has 0 amide bonds. The van der Waals surface area contributed by atoms with Crippen LogP contribution in [-0.2, 0) is 0 Å². The third-order valence-electron chi connectivity index (χ3n) is 5.30. The Morgan fingerprint density at radius 2 is 1.25 bits per heavy atom. The summed E-state index contributed by atoms with van der Waals surface area (Å²) in [7, 11) is 0. The average molecular weight is 314 g/mol. The van der Waals surface area contributed by atoms with Gasteiger partial charge in [-0.15, -0.1) is 4.91 Å². The van der Waals surface area contributed by atoms with E-state index in [0.717, 1.165) is 11.1 Å². The number of benzene rings is 3. The predicted molar refractivity (Wildman–Crippen MR) is 92.1 cm³/mol. The Morgan fingerprint density at radius 1 is 0.750 bits per heavy atom. The second-order valence-electron chi connectivity index (χ2n) is 6.29. The highest BCUT2D eigenvalue weighted by molar-refractivity contribution is 5.78. The molecule has 0 aromatic heterocycles. The molecule has 4 heteroatoms. The highest BCUT2D eigenvalue weighted by Crippen LogP contribution is 2.59. The van der Waals surface area contributed by atoms with Crippen LogP contribution in [0.25, 0.3) is 0 Å². The van der Waals surface area contributed by atoms with Crippen LogP contribution in [0, 0.1) is 4.91 Å². The van der Waals surface area contributed by atoms with Crippen molar-refractivity contribution in [3.8, 4) is 0 Å². The highest BCUT2D eigenvalue weighted by atomic mass is 16.5. The van der Waals surface area contributed by atoms with E-state index in [9.17, 15) is 10.1 Å². The molecule has 0 spiro atoms. The summed E-state index contributed by atoms with van der Waals surface area (Å²) in [5.41, 5.74) is 10.1. The van der Waals surface area contributed by atoms with Crippen LogP contribution in [0.3, 0.4) is 0 Å². The van der Waals surface area contributed by atoms with Gasteiger partial charge >= 0.3 is 0 Å². The van der Waals surface area contributed by atoms with Gasteiger partial charge in [-0.2, -0.15) is 0 Å². The van der Waals surface area contributed by atoms with Gasteiger partial charge in [0.1, 0.15) is 5.69 Å². The fourth-order valence-electron chi connectivity index (χ4n) is 4.45. The van der Waals surface area contributed by atoms with Crippen LogP contribution in [0.2, 0.25) is 0 Å². The van der Waals surface area contributed by atoms with E-state index in [-0.39, 0.29) is 11.8 Å². The Hall–Kier alpha value is -2.98. The van der Waals surface area contributed by atoms with Crippen molar-refractivity contribution in [3.05, 3.63) is 99.0 Å². The first-order valence-corrected chi connectivity index (χ1v) is 7.93. The molecule has 0 heterocycles. The first-order chi connectivity index (χ1) is 11.8. The summed E-state index contributed by atoms with van der Waals surface area (Å²) in [5.74, 6) is -0.0350. The van der Waals surface area contributed by atoms with E-state index in [1.165, 1.54) is 22.3 Å². The molecule has 0 saturated heterocycles. The van der Waals surface area contributed by atoms with E-state index < -0.39 is 0 Å². The molecule has 0 fully saturated rings. The molecule has 2 N–H and O–H groups in total. The number of hydrogen-bond donors (Lipinski definition) is 2. The minimum Gasteiger partial charge on any atom is -0.291 e. The molecular weight excluding hydrogens is 300 g/mol. The van der Waals surface area contributed by atoms with Gasteiger partial charge in [0.15, 0.2) is 0 Å². The largest absolute Gasteiger partial charge is 0.291 e. The third kappa shape index (κ3) is 1.51. The Balaban J connectivity index is 1.95. The van der Waals surface area contributed by atoms with E-state index in [1.807, 2.05) is 24.3 Å². The highest BCUT2D eigenvalue weighted by Gasteiger charge is 2.43.